The molecule has 0 saturated carbocycles. The van der Waals surface area contributed by atoms with E-state index < -0.39 is 5.97 Å². The smallest absolute Gasteiger partial charge is 0.339 e. The van der Waals surface area contributed by atoms with Crippen LogP contribution in [-0.4, -0.2) is 21.3 Å². The zero-order valence-electron chi connectivity index (χ0n) is 9.90. The molecule has 1 heterocycles. The number of aryl methyl sites for hydroxylation is 3. The molecule has 0 bridgehead atoms. The molecule has 0 aliphatic carbocycles. The van der Waals surface area contributed by atoms with Gasteiger partial charge in [0.25, 0.3) is 0 Å². The lowest BCUT2D eigenvalue weighted by atomic mass is 10.0. The highest BCUT2D eigenvalue weighted by atomic mass is 35.5. The lowest BCUT2D eigenvalue weighted by Crippen LogP contribution is -2.03. The standard InChI is InChI=1S/C13H13ClN2O2/c1-8-12(13(17)18)11(16-15-8)7-6-9-4-2-3-5-10(9)14/h2-5H,6-7H2,1H3,(H,15,16)(H,17,18). The number of carboxylic acids is 1. The summed E-state index contributed by atoms with van der Waals surface area (Å²) in [6.45, 7) is 1.70. The van der Waals surface area contributed by atoms with E-state index in [-0.39, 0.29) is 5.56 Å². The molecule has 2 rings (SSSR count). The molecule has 0 radical (unpaired) electrons. The van der Waals surface area contributed by atoms with Crippen LogP contribution in [0.15, 0.2) is 24.3 Å². The van der Waals surface area contributed by atoms with E-state index in [9.17, 15) is 4.79 Å². The van der Waals surface area contributed by atoms with Crippen molar-refractivity contribution in [2.75, 3.05) is 0 Å². The number of aromatic amines is 1. The lowest BCUT2D eigenvalue weighted by Gasteiger charge is -2.03. The average molecular weight is 265 g/mol. The van der Waals surface area contributed by atoms with E-state index in [0.29, 0.717) is 29.3 Å². The van der Waals surface area contributed by atoms with Gasteiger partial charge in [0.15, 0.2) is 0 Å². The van der Waals surface area contributed by atoms with Crippen molar-refractivity contribution in [2.45, 2.75) is 19.8 Å². The normalized spacial score (nSPS) is 10.6. The number of carbonyl (C=O) groups is 1. The maximum atomic E-state index is 11.1. The van der Waals surface area contributed by atoms with Crippen molar-refractivity contribution >= 4 is 17.6 Å². The number of halogens is 1. The molecule has 0 unspecified atom stereocenters. The predicted octanol–water partition coefficient (Wildman–Crippen LogP) is 2.85. The SMILES string of the molecule is Cc1[nH]nc(CCc2ccccc2Cl)c1C(=O)O. The van der Waals surface area contributed by atoms with Gasteiger partial charge in [-0.25, -0.2) is 4.79 Å². The van der Waals surface area contributed by atoms with Gasteiger partial charge in [0, 0.05) is 10.7 Å². The fourth-order valence-corrected chi connectivity index (χ4v) is 2.13. The number of hydrogen-bond acceptors (Lipinski definition) is 2. The van der Waals surface area contributed by atoms with Gasteiger partial charge in [0.1, 0.15) is 5.56 Å². The van der Waals surface area contributed by atoms with Gasteiger partial charge in [0.05, 0.1) is 5.69 Å². The third kappa shape index (κ3) is 2.54. The minimum atomic E-state index is -0.949. The molecule has 1 aromatic heterocycles. The Bertz CT molecular complexity index is 578. The highest BCUT2D eigenvalue weighted by molar-refractivity contribution is 6.31. The number of aromatic nitrogens is 2. The van der Waals surface area contributed by atoms with Gasteiger partial charge in [-0.1, -0.05) is 29.8 Å². The molecular formula is C13H13ClN2O2. The second-order valence-electron chi connectivity index (χ2n) is 4.07. The maximum absolute atomic E-state index is 11.1. The number of rotatable bonds is 4. The van der Waals surface area contributed by atoms with E-state index in [2.05, 4.69) is 10.2 Å². The van der Waals surface area contributed by atoms with Crippen molar-refractivity contribution < 1.29 is 9.90 Å². The summed E-state index contributed by atoms with van der Waals surface area (Å²) in [7, 11) is 0. The van der Waals surface area contributed by atoms with Gasteiger partial charge in [-0.05, 0) is 31.4 Å². The molecule has 1 aromatic carbocycles. The number of nitrogens with one attached hydrogen (secondary N) is 1. The second-order valence-corrected chi connectivity index (χ2v) is 4.47. The van der Waals surface area contributed by atoms with E-state index in [0.717, 1.165) is 5.56 Å². The van der Waals surface area contributed by atoms with Crippen molar-refractivity contribution in [2.24, 2.45) is 0 Å². The van der Waals surface area contributed by atoms with Gasteiger partial charge in [0.2, 0.25) is 0 Å². The van der Waals surface area contributed by atoms with Gasteiger partial charge in [-0.15, -0.1) is 0 Å². The molecule has 0 fully saturated rings. The Morgan fingerprint density at radius 1 is 1.39 bits per heavy atom. The molecular weight excluding hydrogens is 252 g/mol. The summed E-state index contributed by atoms with van der Waals surface area (Å²) in [5.41, 5.74) is 2.41. The Morgan fingerprint density at radius 2 is 2.11 bits per heavy atom. The first-order valence-electron chi connectivity index (χ1n) is 5.60. The molecule has 4 nitrogen and oxygen atoms in total. The molecule has 0 amide bonds. The number of carboxylic acid groups (broad SMARTS) is 1. The quantitative estimate of drug-likeness (QED) is 0.892. The van der Waals surface area contributed by atoms with Gasteiger partial charge in [-0.3, -0.25) is 5.10 Å². The van der Waals surface area contributed by atoms with Crippen LogP contribution in [0.3, 0.4) is 0 Å². The minimum absolute atomic E-state index is 0.266. The number of H-pyrrole nitrogens is 1. The first-order valence-corrected chi connectivity index (χ1v) is 5.98. The zero-order valence-corrected chi connectivity index (χ0v) is 10.7. The predicted molar refractivity (Wildman–Crippen MR) is 69.1 cm³/mol. The Labute approximate surface area is 110 Å². The molecule has 2 aromatic rings. The Balaban J connectivity index is 2.16. The number of nitrogens with zero attached hydrogens (tertiary/aromatic N) is 1. The summed E-state index contributed by atoms with van der Waals surface area (Å²) in [4.78, 5) is 11.1. The minimum Gasteiger partial charge on any atom is -0.478 e. The van der Waals surface area contributed by atoms with Crippen LogP contribution in [0.25, 0.3) is 0 Å². The van der Waals surface area contributed by atoms with Crippen molar-refractivity contribution in [3.8, 4) is 0 Å². The van der Waals surface area contributed by atoms with Crippen LogP contribution in [0, 0.1) is 6.92 Å². The number of benzene rings is 1. The summed E-state index contributed by atoms with van der Waals surface area (Å²) in [5.74, 6) is -0.949. The highest BCUT2D eigenvalue weighted by Crippen LogP contribution is 2.18. The summed E-state index contributed by atoms with van der Waals surface area (Å²) < 4.78 is 0. The van der Waals surface area contributed by atoms with Crippen molar-refractivity contribution in [3.05, 3.63) is 51.8 Å². The zero-order chi connectivity index (χ0) is 13.1. The van der Waals surface area contributed by atoms with Crippen LogP contribution in [0.4, 0.5) is 0 Å². The van der Waals surface area contributed by atoms with E-state index >= 15 is 0 Å². The molecule has 18 heavy (non-hydrogen) atoms. The molecule has 94 valence electrons. The van der Waals surface area contributed by atoms with Gasteiger partial charge >= 0.3 is 5.97 Å². The Kier molecular flexibility index (Phi) is 3.67. The van der Waals surface area contributed by atoms with E-state index in [1.807, 2.05) is 24.3 Å². The molecule has 5 heteroatoms. The second kappa shape index (κ2) is 5.23. The van der Waals surface area contributed by atoms with Crippen molar-refractivity contribution in [3.63, 3.8) is 0 Å². The third-order valence-electron chi connectivity index (χ3n) is 2.82. The molecule has 0 spiro atoms. The summed E-state index contributed by atoms with van der Waals surface area (Å²) in [6, 6.07) is 7.54. The monoisotopic (exact) mass is 264 g/mol. The highest BCUT2D eigenvalue weighted by Gasteiger charge is 2.16. The first-order chi connectivity index (χ1) is 8.59. The summed E-state index contributed by atoms with van der Waals surface area (Å²) in [6.07, 6.45) is 1.22. The van der Waals surface area contributed by atoms with Crippen LogP contribution in [-0.2, 0) is 12.8 Å². The van der Waals surface area contributed by atoms with Crippen molar-refractivity contribution in [1.29, 1.82) is 0 Å². The van der Waals surface area contributed by atoms with Crippen LogP contribution in [0.1, 0.15) is 27.3 Å². The van der Waals surface area contributed by atoms with Crippen LogP contribution in [0.2, 0.25) is 5.02 Å². The molecule has 0 aliphatic heterocycles. The van der Waals surface area contributed by atoms with Gasteiger partial charge < -0.3 is 5.11 Å². The summed E-state index contributed by atoms with van der Waals surface area (Å²) >= 11 is 6.05. The Morgan fingerprint density at radius 3 is 2.78 bits per heavy atom. The third-order valence-corrected chi connectivity index (χ3v) is 3.19. The van der Waals surface area contributed by atoms with Crippen LogP contribution < -0.4 is 0 Å². The number of hydrogen-bond donors (Lipinski definition) is 2. The molecule has 0 aliphatic rings. The topological polar surface area (TPSA) is 66.0 Å². The maximum Gasteiger partial charge on any atom is 0.339 e. The molecule has 2 N–H and O–H groups in total. The van der Waals surface area contributed by atoms with E-state index in [4.69, 9.17) is 16.7 Å². The number of aromatic carboxylic acids is 1. The summed E-state index contributed by atoms with van der Waals surface area (Å²) in [5, 5.41) is 16.5. The van der Waals surface area contributed by atoms with E-state index in [1.54, 1.807) is 6.92 Å². The van der Waals surface area contributed by atoms with Crippen LogP contribution in [0.5, 0.6) is 0 Å². The first kappa shape index (κ1) is 12.6. The Hall–Kier alpha value is -1.81. The average Bonchev–Trinajstić information content (AvgIpc) is 2.69. The van der Waals surface area contributed by atoms with Crippen LogP contribution >= 0.6 is 11.6 Å². The van der Waals surface area contributed by atoms with Gasteiger partial charge in [-0.2, -0.15) is 5.10 Å². The largest absolute Gasteiger partial charge is 0.478 e. The molecule has 0 saturated heterocycles. The fourth-order valence-electron chi connectivity index (χ4n) is 1.90. The molecule has 0 atom stereocenters. The van der Waals surface area contributed by atoms with Crippen molar-refractivity contribution in [1.82, 2.24) is 10.2 Å². The lowest BCUT2D eigenvalue weighted by molar-refractivity contribution is 0.0695. The fraction of sp³-hybridized carbons (Fsp3) is 0.231. The van der Waals surface area contributed by atoms with E-state index in [1.165, 1.54) is 0 Å².